The highest BCUT2D eigenvalue weighted by Crippen LogP contribution is 2.29. The summed E-state index contributed by atoms with van der Waals surface area (Å²) in [4.78, 5) is 16.9. The number of hydrogen-bond donors (Lipinski definition) is 1. The zero-order chi connectivity index (χ0) is 21.5. The lowest BCUT2D eigenvalue weighted by Gasteiger charge is -2.15. The van der Waals surface area contributed by atoms with E-state index in [2.05, 4.69) is 22.4 Å². The van der Waals surface area contributed by atoms with Gasteiger partial charge in [-0.05, 0) is 60.7 Å². The van der Waals surface area contributed by atoms with Crippen LogP contribution in [-0.2, 0) is 24.1 Å². The van der Waals surface area contributed by atoms with Gasteiger partial charge in [0.15, 0.2) is 0 Å². The van der Waals surface area contributed by atoms with Gasteiger partial charge in [-0.1, -0.05) is 36.7 Å². The van der Waals surface area contributed by atoms with Gasteiger partial charge in [0, 0.05) is 29.1 Å². The van der Waals surface area contributed by atoms with Crippen LogP contribution >= 0.6 is 11.6 Å². The molecule has 6 nitrogen and oxygen atoms in total. The minimum atomic E-state index is -0.0449. The maximum Gasteiger partial charge on any atom is 0.226 e. The SMILES string of the molecule is CCc1ccc(Cl)c(CC)c1NC(=O)CCCc1nc(-c2ccc(OC)cc2)no1. The van der Waals surface area contributed by atoms with E-state index < -0.39 is 0 Å². The third kappa shape index (κ3) is 5.19. The van der Waals surface area contributed by atoms with Gasteiger partial charge in [-0.3, -0.25) is 4.79 Å². The van der Waals surface area contributed by atoms with E-state index in [1.54, 1.807) is 7.11 Å². The van der Waals surface area contributed by atoms with Crippen molar-refractivity contribution in [1.82, 2.24) is 10.1 Å². The Bertz CT molecular complexity index is 999. The molecule has 0 radical (unpaired) electrons. The lowest BCUT2D eigenvalue weighted by Crippen LogP contribution is -2.15. The largest absolute Gasteiger partial charge is 0.497 e. The van der Waals surface area contributed by atoms with Gasteiger partial charge >= 0.3 is 0 Å². The zero-order valence-corrected chi connectivity index (χ0v) is 18.3. The van der Waals surface area contributed by atoms with E-state index in [1.807, 2.05) is 43.3 Å². The fraction of sp³-hybridized carbons (Fsp3) is 0.348. The highest BCUT2D eigenvalue weighted by atomic mass is 35.5. The van der Waals surface area contributed by atoms with Gasteiger partial charge in [-0.15, -0.1) is 0 Å². The smallest absolute Gasteiger partial charge is 0.226 e. The van der Waals surface area contributed by atoms with Crippen molar-refractivity contribution in [1.29, 1.82) is 0 Å². The zero-order valence-electron chi connectivity index (χ0n) is 17.5. The van der Waals surface area contributed by atoms with Crippen LogP contribution in [0.2, 0.25) is 5.02 Å². The molecular formula is C23H26ClN3O3. The van der Waals surface area contributed by atoms with Crippen LogP contribution < -0.4 is 10.1 Å². The summed E-state index contributed by atoms with van der Waals surface area (Å²) < 4.78 is 10.5. The molecule has 158 valence electrons. The van der Waals surface area contributed by atoms with Crippen molar-refractivity contribution in [3.8, 4) is 17.1 Å². The predicted octanol–water partition coefficient (Wildman–Crippen LogP) is 5.48. The minimum absolute atomic E-state index is 0.0449. The molecule has 1 N–H and O–H groups in total. The summed E-state index contributed by atoms with van der Waals surface area (Å²) in [6.07, 6.45) is 3.10. The Morgan fingerprint density at radius 1 is 1.13 bits per heavy atom. The number of methoxy groups -OCH3 is 1. The highest BCUT2D eigenvalue weighted by molar-refractivity contribution is 6.32. The van der Waals surface area contributed by atoms with Crippen LogP contribution in [0.5, 0.6) is 5.75 Å². The lowest BCUT2D eigenvalue weighted by molar-refractivity contribution is -0.116. The summed E-state index contributed by atoms with van der Waals surface area (Å²) >= 11 is 6.31. The van der Waals surface area contributed by atoms with Crippen LogP contribution in [0.25, 0.3) is 11.4 Å². The number of nitrogens with one attached hydrogen (secondary N) is 1. The number of hydrogen-bond acceptors (Lipinski definition) is 5. The summed E-state index contributed by atoms with van der Waals surface area (Å²) in [5, 5.41) is 7.75. The van der Waals surface area contributed by atoms with Crippen LogP contribution in [0.15, 0.2) is 40.9 Å². The first-order chi connectivity index (χ1) is 14.5. The molecule has 0 aliphatic carbocycles. The third-order valence-corrected chi connectivity index (χ3v) is 5.31. The average molecular weight is 428 g/mol. The monoisotopic (exact) mass is 427 g/mol. The molecule has 0 aliphatic rings. The van der Waals surface area contributed by atoms with Crippen molar-refractivity contribution in [3.05, 3.63) is 58.4 Å². The van der Waals surface area contributed by atoms with Crippen molar-refractivity contribution in [2.24, 2.45) is 0 Å². The van der Waals surface area contributed by atoms with Gasteiger partial charge in [-0.2, -0.15) is 4.98 Å². The molecule has 2 aromatic carbocycles. The first-order valence-electron chi connectivity index (χ1n) is 10.1. The van der Waals surface area contributed by atoms with Gasteiger partial charge in [0.2, 0.25) is 17.6 Å². The van der Waals surface area contributed by atoms with Crippen LogP contribution in [0.4, 0.5) is 5.69 Å². The summed E-state index contributed by atoms with van der Waals surface area (Å²) in [5.74, 6) is 1.76. The number of nitrogens with zero attached hydrogens (tertiary/aromatic N) is 2. The molecule has 0 saturated heterocycles. The van der Waals surface area contributed by atoms with E-state index in [9.17, 15) is 4.79 Å². The van der Waals surface area contributed by atoms with Gasteiger partial charge in [0.05, 0.1) is 7.11 Å². The number of rotatable bonds is 9. The second-order valence-corrected chi connectivity index (χ2v) is 7.32. The number of benzene rings is 2. The van der Waals surface area contributed by atoms with Crippen molar-refractivity contribution in [2.45, 2.75) is 46.0 Å². The minimum Gasteiger partial charge on any atom is -0.497 e. The number of aromatic nitrogens is 2. The predicted molar refractivity (Wildman–Crippen MR) is 118 cm³/mol. The van der Waals surface area contributed by atoms with Crippen LogP contribution in [0.3, 0.4) is 0 Å². The Morgan fingerprint density at radius 2 is 1.90 bits per heavy atom. The number of amides is 1. The molecule has 3 rings (SSSR count). The first kappa shape index (κ1) is 21.8. The van der Waals surface area contributed by atoms with E-state index >= 15 is 0 Å². The summed E-state index contributed by atoms with van der Waals surface area (Å²) in [6.45, 7) is 4.10. The molecule has 0 bridgehead atoms. The molecular weight excluding hydrogens is 402 g/mol. The molecule has 1 amide bonds. The van der Waals surface area contributed by atoms with Crippen LogP contribution in [-0.4, -0.2) is 23.2 Å². The quantitative estimate of drug-likeness (QED) is 0.489. The second kappa shape index (κ2) is 10.3. The van der Waals surface area contributed by atoms with Crippen molar-refractivity contribution in [3.63, 3.8) is 0 Å². The molecule has 7 heteroatoms. The molecule has 1 aromatic heterocycles. The molecule has 3 aromatic rings. The summed E-state index contributed by atoms with van der Waals surface area (Å²) in [5.41, 5.74) is 3.76. The van der Waals surface area contributed by atoms with Crippen LogP contribution in [0, 0.1) is 0 Å². The number of halogens is 1. The standard InChI is InChI=1S/C23H26ClN3O3/c1-4-15-11-14-19(24)18(5-2)22(15)25-20(28)7-6-8-21-26-23(27-30-21)16-9-12-17(29-3)13-10-16/h9-14H,4-8H2,1-3H3,(H,25,28). The molecule has 0 spiro atoms. The Hall–Kier alpha value is -2.86. The highest BCUT2D eigenvalue weighted by Gasteiger charge is 2.14. The van der Waals surface area contributed by atoms with Gasteiger partial charge in [0.1, 0.15) is 5.75 Å². The Balaban J connectivity index is 1.57. The summed E-state index contributed by atoms with van der Waals surface area (Å²) in [6, 6.07) is 11.3. The normalized spacial score (nSPS) is 10.8. The first-order valence-corrected chi connectivity index (χ1v) is 10.5. The Kier molecular flexibility index (Phi) is 7.46. The number of ether oxygens (including phenoxy) is 1. The molecule has 30 heavy (non-hydrogen) atoms. The summed E-state index contributed by atoms with van der Waals surface area (Å²) in [7, 11) is 1.62. The second-order valence-electron chi connectivity index (χ2n) is 6.91. The molecule has 0 fully saturated rings. The van der Waals surface area contributed by atoms with Crippen molar-refractivity contribution >= 4 is 23.2 Å². The van der Waals surface area contributed by atoms with Gasteiger partial charge in [-0.25, -0.2) is 0 Å². The van der Waals surface area contributed by atoms with Gasteiger partial charge in [0.25, 0.3) is 0 Å². The fourth-order valence-electron chi connectivity index (χ4n) is 3.28. The molecule has 0 atom stereocenters. The maximum absolute atomic E-state index is 12.5. The average Bonchev–Trinajstić information content (AvgIpc) is 3.23. The van der Waals surface area contributed by atoms with Crippen molar-refractivity contribution < 1.29 is 14.1 Å². The van der Waals surface area contributed by atoms with Crippen LogP contribution in [0.1, 0.15) is 43.7 Å². The molecule has 1 heterocycles. The van der Waals surface area contributed by atoms with Crippen molar-refractivity contribution in [2.75, 3.05) is 12.4 Å². The topological polar surface area (TPSA) is 77.2 Å². The molecule has 0 unspecified atom stereocenters. The Morgan fingerprint density at radius 3 is 2.57 bits per heavy atom. The number of aryl methyl sites for hydroxylation is 2. The number of carbonyl (C=O) groups excluding carboxylic acids is 1. The number of carbonyl (C=O) groups is 1. The van der Waals surface area contributed by atoms with E-state index in [0.29, 0.717) is 36.0 Å². The third-order valence-electron chi connectivity index (χ3n) is 4.95. The Labute approximate surface area is 181 Å². The van der Waals surface area contributed by atoms with Gasteiger partial charge < -0.3 is 14.6 Å². The molecule has 0 saturated carbocycles. The number of anilines is 1. The lowest BCUT2D eigenvalue weighted by atomic mass is 10.0. The fourth-order valence-corrected chi connectivity index (χ4v) is 3.57. The van der Waals surface area contributed by atoms with E-state index in [0.717, 1.165) is 41.0 Å². The maximum atomic E-state index is 12.5. The van der Waals surface area contributed by atoms with E-state index in [-0.39, 0.29) is 5.91 Å². The molecule has 0 aliphatic heterocycles. The van der Waals surface area contributed by atoms with E-state index in [4.69, 9.17) is 20.9 Å². The van der Waals surface area contributed by atoms with E-state index in [1.165, 1.54) is 0 Å².